The number of hydrogen-bond acceptors (Lipinski definition) is 5. The molecule has 0 bridgehead atoms. The van der Waals surface area contributed by atoms with Crippen molar-refractivity contribution >= 4 is 5.96 Å². The van der Waals surface area contributed by atoms with Gasteiger partial charge in [-0.3, -0.25) is 0 Å². The van der Waals surface area contributed by atoms with Crippen molar-refractivity contribution in [1.82, 2.24) is 10.6 Å². The lowest BCUT2D eigenvalue weighted by Crippen LogP contribution is -2.37. The van der Waals surface area contributed by atoms with E-state index in [1.54, 1.807) is 21.3 Å². The molecule has 2 rings (SSSR count). The van der Waals surface area contributed by atoms with Crippen LogP contribution in [0.4, 0.5) is 4.39 Å². The van der Waals surface area contributed by atoms with Gasteiger partial charge in [0.2, 0.25) is 5.75 Å². The molecule has 0 aromatic heterocycles. The summed E-state index contributed by atoms with van der Waals surface area (Å²) in [6.07, 6.45) is 0. The molecule has 0 saturated heterocycles. The fourth-order valence-corrected chi connectivity index (χ4v) is 2.70. The Balaban J connectivity index is 2.18. The number of guanidine groups is 1. The Morgan fingerprint density at radius 2 is 1.76 bits per heavy atom. The Morgan fingerprint density at radius 1 is 1.07 bits per heavy atom. The maximum absolute atomic E-state index is 14.0. The van der Waals surface area contributed by atoms with Crippen LogP contribution < -0.4 is 24.8 Å². The molecule has 0 radical (unpaired) electrons. The second-order valence-corrected chi connectivity index (χ2v) is 6.00. The number of hydrogen-bond donors (Lipinski definition) is 2. The summed E-state index contributed by atoms with van der Waals surface area (Å²) in [6.45, 7) is 3.12. The Labute approximate surface area is 170 Å². The summed E-state index contributed by atoms with van der Waals surface area (Å²) < 4.78 is 30.0. The summed E-state index contributed by atoms with van der Waals surface area (Å²) >= 11 is 0. The molecule has 0 spiro atoms. The van der Waals surface area contributed by atoms with E-state index in [0.29, 0.717) is 47.4 Å². The molecule has 8 heteroatoms. The first-order valence-corrected chi connectivity index (χ1v) is 9.05. The Bertz CT molecular complexity index is 884. The molecular weight excluding hydrogens is 375 g/mol. The number of methoxy groups -OCH3 is 3. The van der Waals surface area contributed by atoms with Gasteiger partial charge in [0, 0.05) is 18.7 Å². The lowest BCUT2D eigenvalue weighted by Gasteiger charge is -2.14. The van der Waals surface area contributed by atoms with Crippen LogP contribution in [-0.2, 0) is 13.1 Å². The third kappa shape index (κ3) is 5.75. The van der Waals surface area contributed by atoms with Crippen molar-refractivity contribution < 1.29 is 18.6 Å². The van der Waals surface area contributed by atoms with Crippen LogP contribution in [0.3, 0.4) is 0 Å². The monoisotopic (exact) mass is 400 g/mol. The van der Waals surface area contributed by atoms with Gasteiger partial charge >= 0.3 is 0 Å². The topological polar surface area (TPSA) is 87.9 Å². The van der Waals surface area contributed by atoms with Crippen LogP contribution >= 0.6 is 0 Å². The van der Waals surface area contributed by atoms with E-state index in [1.165, 1.54) is 18.2 Å². The van der Waals surface area contributed by atoms with Gasteiger partial charge in [-0.15, -0.1) is 0 Å². The Morgan fingerprint density at radius 3 is 2.31 bits per heavy atom. The summed E-state index contributed by atoms with van der Waals surface area (Å²) in [5.41, 5.74) is 1.65. The van der Waals surface area contributed by atoms with Gasteiger partial charge in [-0.1, -0.05) is 0 Å². The third-order valence-corrected chi connectivity index (χ3v) is 4.11. The van der Waals surface area contributed by atoms with E-state index < -0.39 is 0 Å². The van der Waals surface area contributed by atoms with Crippen molar-refractivity contribution in [3.63, 3.8) is 0 Å². The molecule has 7 nitrogen and oxygen atoms in total. The van der Waals surface area contributed by atoms with Gasteiger partial charge in [0.05, 0.1) is 39.5 Å². The molecule has 0 aliphatic carbocycles. The minimum Gasteiger partial charge on any atom is -0.493 e. The summed E-state index contributed by atoms with van der Waals surface area (Å²) in [6, 6.07) is 9.91. The average Bonchev–Trinajstić information content (AvgIpc) is 2.75. The van der Waals surface area contributed by atoms with E-state index in [1.807, 2.05) is 25.1 Å². The summed E-state index contributed by atoms with van der Waals surface area (Å²) in [5, 5.41) is 15.2. The van der Waals surface area contributed by atoms with Gasteiger partial charge < -0.3 is 24.8 Å². The predicted molar refractivity (Wildman–Crippen MR) is 109 cm³/mol. The number of nitriles is 1. The predicted octanol–water partition coefficient (Wildman–Crippen LogP) is 2.98. The van der Waals surface area contributed by atoms with E-state index >= 15 is 0 Å². The van der Waals surface area contributed by atoms with Crippen LogP contribution in [0.25, 0.3) is 0 Å². The lowest BCUT2D eigenvalue weighted by molar-refractivity contribution is 0.324. The molecule has 0 heterocycles. The van der Waals surface area contributed by atoms with E-state index in [9.17, 15) is 4.39 Å². The Hall–Kier alpha value is -3.47. The van der Waals surface area contributed by atoms with Crippen LogP contribution in [0.15, 0.2) is 35.3 Å². The molecule has 29 heavy (non-hydrogen) atoms. The molecule has 0 unspecified atom stereocenters. The minimum atomic E-state index is -0.378. The number of nitrogens with one attached hydrogen (secondary N) is 2. The quantitative estimate of drug-likeness (QED) is 0.523. The molecule has 0 aliphatic rings. The molecule has 2 N–H and O–H groups in total. The van der Waals surface area contributed by atoms with E-state index in [2.05, 4.69) is 15.6 Å². The van der Waals surface area contributed by atoms with Crippen LogP contribution in [0, 0.1) is 17.1 Å². The highest BCUT2D eigenvalue weighted by Gasteiger charge is 2.13. The van der Waals surface area contributed by atoms with E-state index in [0.717, 1.165) is 5.56 Å². The smallest absolute Gasteiger partial charge is 0.203 e. The molecule has 154 valence electrons. The fraction of sp³-hybridized carbons (Fsp3) is 0.333. The van der Waals surface area contributed by atoms with Gasteiger partial charge in [-0.25, -0.2) is 9.38 Å². The molecule has 0 saturated carbocycles. The molecule has 2 aromatic carbocycles. The van der Waals surface area contributed by atoms with Crippen molar-refractivity contribution in [2.75, 3.05) is 27.9 Å². The van der Waals surface area contributed by atoms with Crippen LogP contribution in [0.2, 0.25) is 0 Å². The largest absolute Gasteiger partial charge is 0.493 e. The SMILES string of the molecule is CCNC(=NCc1cc(OC)c(OC)c(OC)c1)NCc1cc(C#N)ccc1F. The fourth-order valence-electron chi connectivity index (χ4n) is 2.70. The van der Waals surface area contributed by atoms with Crippen molar-refractivity contribution in [3.05, 3.63) is 52.8 Å². The first kappa shape index (κ1) is 21.8. The van der Waals surface area contributed by atoms with E-state index in [4.69, 9.17) is 19.5 Å². The number of ether oxygens (including phenoxy) is 3. The molecule has 0 amide bonds. The van der Waals surface area contributed by atoms with Crippen LogP contribution in [0.5, 0.6) is 17.2 Å². The first-order chi connectivity index (χ1) is 14.1. The van der Waals surface area contributed by atoms with Gasteiger partial charge in [0.1, 0.15) is 5.82 Å². The molecule has 2 aromatic rings. The minimum absolute atomic E-state index is 0.197. The number of halogens is 1. The zero-order chi connectivity index (χ0) is 21.2. The lowest BCUT2D eigenvalue weighted by atomic mass is 10.1. The normalized spacial score (nSPS) is 10.8. The maximum Gasteiger partial charge on any atom is 0.203 e. The van der Waals surface area contributed by atoms with Crippen molar-refractivity contribution in [2.45, 2.75) is 20.0 Å². The van der Waals surface area contributed by atoms with E-state index in [-0.39, 0.29) is 12.4 Å². The Kier molecular flexibility index (Phi) is 8.10. The highest BCUT2D eigenvalue weighted by atomic mass is 19.1. The number of rotatable bonds is 8. The van der Waals surface area contributed by atoms with Crippen molar-refractivity contribution in [2.24, 2.45) is 4.99 Å². The summed E-state index contributed by atoms with van der Waals surface area (Å²) in [5.74, 6) is 1.75. The third-order valence-electron chi connectivity index (χ3n) is 4.11. The molecule has 0 fully saturated rings. The number of nitrogens with zero attached hydrogens (tertiary/aromatic N) is 2. The van der Waals surface area contributed by atoms with Gasteiger partial charge in [-0.2, -0.15) is 5.26 Å². The van der Waals surface area contributed by atoms with Gasteiger partial charge in [0.25, 0.3) is 0 Å². The van der Waals surface area contributed by atoms with Crippen molar-refractivity contribution in [1.29, 1.82) is 5.26 Å². The summed E-state index contributed by atoms with van der Waals surface area (Å²) in [4.78, 5) is 4.53. The molecular formula is C21H25FN4O3. The van der Waals surface area contributed by atoms with Crippen molar-refractivity contribution in [3.8, 4) is 23.3 Å². The summed E-state index contributed by atoms with van der Waals surface area (Å²) in [7, 11) is 4.66. The van der Waals surface area contributed by atoms with Crippen LogP contribution in [0.1, 0.15) is 23.6 Å². The molecule has 0 aliphatic heterocycles. The second kappa shape index (κ2) is 10.8. The van der Waals surface area contributed by atoms with Gasteiger partial charge in [-0.05, 0) is 42.8 Å². The number of benzene rings is 2. The number of aliphatic imine (C=N–C) groups is 1. The highest BCUT2D eigenvalue weighted by molar-refractivity contribution is 5.79. The second-order valence-electron chi connectivity index (χ2n) is 6.00. The standard InChI is InChI=1S/C21H25FN4O3/c1-5-24-21(26-13-16-8-14(11-23)6-7-17(16)22)25-12-15-9-18(27-2)20(29-4)19(10-15)28-3/h6-10H,5,12-13H2,1-4H3,(H2,24,25,26). The average molecular weight is 400 g/mol. The maximum atomic E-state index is 14.0. The highest BCUT2D eigenvalue weighted by Crippen LogP contribution is 2.38. The zero-order valence-corrected chi connectivity index (χ0v) is 17.0. The van der Waals surface area contributed by atoms with Crippen LogP contribution in [-0.4, -0.2) is 33.8 Å². The van der Waals surface area contributed by atoms with Gasteiger partial charge in [0.15, 0.2) is 17.5 Å². The first-order valence-electron chi connectivity index (χ1n) is 9.05. The zero-order valence-electron chi connectivity index (χ0n) is 17.0. The molecule has 0 atom stereocenters.